The molecule has 0 saturated carbocycles. The summed E-state index contributed by atoms with van der Waals surface area (Å²) in [5.41, 5.74) is 0. The largest absolute Gasteiger partial charge is 0.756 e. The van der Waals surface area contributed by atoms with Crippen LogP contribution in [0.25, 0.3) is 0 Å². The van der Waals surface area contributed by atoms with E-state index in [-0.39, 0.29) is 12.5 Å². The van der Waals surface area contributed by atoms with E-state index in [4.69, 9.17) is 9.05 Å². The van der Waals surface area contributed by atoms with E-state index >= 15 is 0 Å². The standard InChI is InChI=1S/C58H113N2O6P/c1-6-8-10-12-14-16-18-20-22-24-26-28-30-31-33-35-37-39-41-43-45-47-49-51-57(61)56(55-66-67(63,64)65-54-53-60(3,4)5)59-58(62)52-50-48-46-44-42-40-38-36-34-32-29-27-25-23-21-19-17-15-13-11-9-7-2/h33,35,41,43,49,51,56-57,61H,6-32,34,36-40,42,44-48,50,52-55H2,1-5H3,(H-,59,62,63,64)/b35-33+,43-41+,51-49+. The molecule has 0 fully saturated rings. The van der Waals surface area contributed by atoms with Gasteiger partial charge in [0.15, 0.2) is 0 Å². The van der Waals surface area contributed by atoms with Gasteiger partial charge in [0.05, 0.1) is 39.9 Å². The second-order valence-corrected chi connectivity index (χ2v) is 22.4. The van der Waals surface area contributed by atoms with E-state index < -0.39 is 26.6 Å². The van der Waals surface area contributed by atoms with Gasteiger partial charge < -0.3 is 28.8 Å². The lowest BCUT2D eigenvalue weighted by atomic mass is 10.0. The number of hydrogen-bond acceptors (Lipinski definition) is 6. The molecular weight excluding hydrogens is 852 g/mol. The smallest absolute Gasteiger partial charge is 0.268 e. The van der Waals surface area contributed by atoms with Crippen LogP contribution in [0.2, 0.25) is 0 Å². The highest BCUT2D eigenvalue weighted by molar-refractivity contribution is 7.45. The molecule has 67 heavy (non-hydrogen) atoms. The van der Waals surface area contributed by atoms with Crippen molar-refractivity contribution in [1.29, 1.82) is 0 Å². The second kappa shape index (κ2) is 49.7. The molecule has 1 amide bonds. The van der Waals surface area contributed by atoms with Crippen LogP contribution >= 0.6 is 7.82 Å². The van der Waals surface area contributed by atoms with Gasteiger partial charge in [-0.05, 0) is 44.9 Å². The van der Waals surface area contributed by atoms with E-state index in [9.17, 15) is 19.4 Å². The summed E-state index contributed by atoms with van der Waals surface area (Å²) in [4.78, 5) is 25.5. The van der Waals surface area contributed by atoms with Gasteiger partial charge in [-0.3, -0.25) is 9.36 Å². The third-order valence-electron chi connectivity index (χ3n) is 13.1. The molecule has 0 aliphatic heterocycles. The van der Waals surface area contributed by atoms with Crippen LogP contribution in [0.15, 0.2) is 36.5 Å². The average molecular weight is 966 g/mol. The molecule has 0 aromatic carbocycles. The van der Waals surface area contributed by atoms with Crippen molar-refractivity contribution >= 4 is 13.7 Å². The van der Waals surface area contributed by atoms with E-state index in [1.807, 2.05) is 27.2 Å². The van der Waals surface area contributed by atoms with Crippen LogP contribution in [0.3, 0.4) is 0 Å². The molecule has 3 atom stereocenters. The van der Waals surface area contributed by atoms with Crippen molar-refractivity contribution < 1.29 is 32.9 Å². The Labute approximate surface area is 417 Å². The van der Waals surface area contributed by atoms with Crippen LogP contribution in [0.4, 0.5) is 0 Å². The van der Waals surface area contributed by atoms with Crippen molar-refractivity contribution in [2.45, 2.75) is 289 Å². The lowest BCUT2D eigenvalue weighted by molar-refractivity contribution is -0.870. The molecule has 0 rings (SSSR count). The number of allylic oxidation sites excluding steroid dienone is 5. The Morgan fingerprint density at radius 1 is 0.507 bits per heavy atom. The fraction of sp³-hybridized carbons (Fsp3) is 0.879. The first kappa shape index (κ1) is 65.7. The topological polar surface area (TPSA) is 108 Å². The van der Waals surface area contributed by atoms with Crippen LogP contribution in [-0.4, -0.2) is 68.5 Å². The van der Waals surface area contributed by atoms with Crippen LogP contribution in [0, 0.1) is 0 Å². The molecule has 0 aliphatic rings. The highest BCUT2D eigenvalue weighted by atomic mass is 31.2. The van der Waals surface area contributed by atoms with E-state index in [0.29, 0.717) is 17.4 Å². The van der Waals surface area contributed by atoms with E-state index in [1.165, 1.54) is 212 Å². The molecule has 0 aromatic heterocycles. The van der Waals surface area contributed by atoms with Gasteiger partial charge in [-0.15, -0.1) is 0 Å². The molecule has 9 heteroatoms. The number of nitrogens with one attached hydrogen (secondary N) is 1. The van der Waals surface area contributed by atoms with Gasteiger partial charge in [0.25, 0.3) is 7.82 Å². The normalized spacial score (nSPS) is 14.2. The fourth-order valence-corrected chi connectivity index (χ4v) is 9.26. The number of unbranched alkanes of at least 4 members (excludes halogenated alkanes) is 36. The number of aliphatic hydroxyl groups is 1. The van der Waals surface area contributed by atoms with E-state index in [2.05, 4.69) is 43.5 Å². The molecule has 0 aliphatic carbocycles. The summed E-state index contributed by atoms with van der Waals surface area (Å²) >= 11 is 0. The summed E-state index contributed by atoms with van der Waals surface area (Å²) in [6.07, 6.45) is 63.7. The zero-order valence-electron chi connectivity index (χ0n) is 45.1. The SMILES string of the molecule is CCCCCCCCCCCCCCC/C=C/CC/C=C/CC/C=C/C(O)C(COP(=O)([O-])OCC[N+](C)(C)C)NC(=O)CCCCCCCCCCCCCCCCCCCCCCCC. The molecule has 0 radical (unpaired) electrons. The summed E-state index contributed by atoms with van der Waals surface area (Å²) in [5, 5.41) is 13.9. The van der Waals surface area contributed by atoms with Crippen LogP contribution in [0.1, 0.15) is 277 Å². The monoisotopic (exact) mass is 965 g/mol. The first-order valence-corrected chi connectivity index (χ1v) is 30.3. The Hall–Kier alpha value is -1.28. The number of quaternary nitrogens is 1. The Balaban J connectivity index is 4.27. The molecule has 8 nitrogen and oxygen atoms in total. The number of hydrogen-bond donors (Lipinski definition) is 2. The zero-order chi connectivity index (χ0) is 49.2. The second-order valence-electron chi connectivity index (χ2n) is 21.0. The highest BCUT2D eigenvalue weighted by Gasteiger charge is 2.23. The van der Waals surface area contributed by atoms with Gasteiger partial charge in [0, 0.05) is 6.42 Å². The molecule has 0 spiro atoms. The van der Waals surface area contributed by atoms with Crippen molar-refractivity contribution in [1.82, 2.24) is 5.32 Å². The predicted octanol–water partition coefficient (Wildman–Crippen LogP) is 16.7. The van der Waals surface area contributed by atoms with Gasteiger partial charge in [-0.25, -0.2) is 0 Å². The summed E-state index contributed by atoms with van der Waals surface area (Å²) in [6, 6.07) is -0.908. The number of nitrogens with zero attached hydrogens (tertiary/aromatic N) is 1. The number of carbonyl (C=O) groups excluding carboxylic acids is 1. The number of rotatable bonds is 53. The Bertz CT molecular complexity index is 1190. The van der Waals surface area contributed by atoms with Crippen LogP contribution in [0.5, 0.6) is 0 Å². The number of phosphoric ester groups is 1. The zero-order valence-corrected chi connectivity index (χ0v) is 46.0. The lowest BCUT2D eigenvalue weighted by Crippen LogP contribution is -2.45. The summed E-state index contributed by atoms with van der Waals surface area (Å²) in [7, 11) is 1.25. The molecule has 396 valence electrons. The Kier molecular flexibility index (Phi) is 48.7. The van der Waals surface area contributed by atoms with Crippen LogP contribution < -0.4 is 10.2 Å². The fourth-order valence-electron chi connectivity index (χ4n) is 8.54. The third kappa shape index (κ3) is 52.4. The number of amides is 1. The van der Waals surface area contributed by atoms with Crippen molar-refractivity contribution in [3.8, 4) is 0 Å². The molecule has 3 unspecified atom stereocenters. The summed E-state index contributed by atoms with van der Waals surface area (Å²) < 4.78 is 23.3. The molecule has 0 heterocycles. The maximum Gasteiger partial charge on any atom is 0.268 e. The predicted molar refractivity (Wildman–Crippen MR) is 288 cm³/mol. The Morgan fingerprint density at radius 2 is 0.836 bits per heavy atom. The van der Waals surface area contributed by atoms with Gasteiger partial charge in [-0.2, -0.15) is 0 Å². The number of carbonyl (C=O) groups is 1. The molecule has 2 N–H and O–H groups in total. The Morgan fingerprint density at radius 3 is 1.21 bits per heavy atom. The summed E-state index contributed by atoms with van der Waals surface area (Å²) in [5.74, 6) is -0.206. The van der Waals surface area contributed by atoms with Gasteiger partial charge in [0.2, 0.25) is 5.91 Å². The van der Waals surface area contributed by atoms with Gasteiger partial charge >= 0.3 is 0 Å². The molecule has 0 bridgehead atoms. The minimum absolute atomic E-state index is 0.00736. The number of phosphoric acid groups is 1. The first-order valence-electron chi connectivity index (χ1n) is 28.9. The van der Waals surface area contributed by atoms with Crippen molar-refractivity contribution in [2.24, 2.45) is 0 Å². The average Bonchev–Trinajstić information content (AvgIpc) is 3.29. The third-order valence-corrected chi connectivity index (χ3v) is 14.0. The maximum atomic E-state index is 13.0. The lowest BCUT2D eigenvalue weighted by Gasteiger charge is -2.29. The minimum atomic E-state index is -4.61. The van der Waals surface area contributed by atoms with Crippen molar-refractivity contribution in [3.05, 3.63) is 36.5 Å². The summed E-state index contributed by atoms with van der Waals surface area (Å²) in [6.45, 7) is 4.66. The van der Waals surface area contributed by atoms with E-state index in [0.717, 1.165) is 44.9 Å². The highest BCUT2D eigenvalue weighted by Crippen LogP contribution is 2.38. The van der Waals surface area contributed by atoms with Gasteiger partial charge in [-0.1, -0.05) is 262 Å². The minimum Gasteiger partial charge on any atom is -0.756 e. The first-order chi connectivity index (χ1) is 32.5. The van der Waals surface area contributed by atoms with Crippen molar-refractivity contribution in [3.63, 3.8) is 0 Å². The molecule has 0 saturated heterocycles. The van der Waals surface area contributed by atoms with E-state index in [1.54, 1.807) is 6.08 Å². The maximum absolute atomic E-state index is 13.0. The quantitative estimate of drug-likeness (QED) is 0.0272. The molecule has 0 aromatic rings. The van der Waals surface area contributed by atoms with Crippen LogP contribution in [-0.2, 0) is 18.4 Å². The van der Waals surface area contributed by atoms with Gasteiger partial charge in [0.1, 0.15) is 13.2 Å². The number of likely N-dealkylation sites (N-methyl/N-ethyl adjacent to an activating group) is 1. The molecular formula is C58H113N2O6P. The van der Waals surface area contributed by atoms with Crippen molar-refractivity contribution in [2.75, 3.05) is 40.9 Å². The number of aliphatic hydroxyl groups excluding tert-OH is 1.